The number of hydrogen-bond acceptors (Lipinski definition) is 8. The summed E-state index contributed by atoms with van der Waals surface area (Å²) in [5, 5.41) is 13.7. The van der Waals surface area contributed by atoms with Crippen LogP contribution in [0.1, 0.15) is 74.5 Å². The Kier molecular flexibility index (Phi) is 14.6. The number of carbonyl (C=O) groups excluding carboxylic acids is 3. The fourth-order valence-electron chi connectivity index (χ4n) is 9.04. The molecule has 6 aromatic rings. The molecule has 0 radical (unpaired) electrons. The van der Waals surface area contributed by atoms with Crippen LogP contribution in [0.4, 0.5) is 4.79 Å². The van der Waals surface area contributed by atoms with Gasteiger partial charge in [0.05, 0.1) is 39.0 Å². The summed E-state index contributed by atoms with van der Waals surface area (Å²) in [4.78, 5) is 45.2. The van der Waals surface area contributed by atoms with E-state index in [0.717, 1.165) is 38.9 Å². The summed E-state index contributed by atoms with van der Waals surface area (Å²) < 4.78 is 24.6. The van der Waals surface area contributed by atoms with Gasteiger partial charge in [-0.15, -0.1) is 0 Å². The molecule has 1 aliphatic carbocycles. The molecule has 11 heteroatoms. The van der Waals surface area contributed by atoms with Crippen LogP contribution in [0.15, 0.2) is 140 Å². The number of aliphatic hydroxyl groups excluding tert-OH is 1. The second-order valence-corrected chi connectivity index (χ2v) is 17.1. The smallest absolute Gasteiger partial charge is 0.410 e. The monoisotopic (exact) mass is 887 g/mol. The van der Waals surface area contributed by atoms with Crippen molar-refractivity contribution in [2.24, 2.45) is 0 Å². The highest BCUT2D eigenvalue weighted by Crippen LogP contribution is 2.45. The molecule has 8 rings (SSSR count). The van der Waals surface area contributed by atoms with Gasteiger partial charge in [0.15, 0.2) is 0 Å². The van der Waals surface area contributed by atoms with Gasteiger partial charge in [0, 0.05) is 42.6 Å². The lowest BCUT2D eigenvalue weighted by Crippen LogP contribution is -2.43. The Morgan fingerprint density at radius 1 is 0.758 bits per heavy atom. The molecular weight excluding hydrogens is 831 g/mol. The van der Waals surface area contributed by atoms with Gasteiger partial charge in [-0.2, -0.15) is 0 Å². The predicted octanol–water partition coefficient (Wildman–Crippen LogP) is 9.39. The summed E-state index contributed by atoms with van der Waals surface area (Å²) in [5.74, 6) is 1.16. The van der Waals surface area contributed by atoms with Gasteiger partial charge in [0.1, 0.15) is 30.5 Å². The summed E-state index contributed by atoms with van der Waals surface area (Å²) in [6.07, 6.45) is 0.693. The van der Waals surface area contributed by atoms with Gasteiger partial charge < -0.3 is 34.3 Å². The van der Waals surface area contributed by atoms with Gasteiger partial charge in [-0.1, -0.05) is 109 Å². The highest BCUT2D eigenvalue weighted by molar-refractivity contribution is 5.94. The van der Waals surface area contributed by atoms with Crippen LogP contribution in [0.5, 0.6) is 17.2 Å². The van der Waals surface area contributed by atoms with E-state index in [0.29, 0.717) is 53.3 Å². The van der Waals surface area contributed by atoms with Crippen LogP contribution in [0.2, 0.25) is 0 Å². The molecule has 0 spiro atoms. The molecule has 11 nitrogen and oxygen atoms in total. The maximum atomic E-state index is 14.7. The SMILES string of the molecule is COc1cc(OCCCC(=O)NCc2ccc(C)cc2)cc(CO)c1CN(C(=O)c1ccccc1)[C@@H]1C[C@@H](COc2cccc(C)c2)N(C(=O)OCC2c3ccccc3-c3ccccc32)C1. The molecule has 2 atom stereocenters. The number of methoxy groups -OCH3 is 1. The van der Waals surface area contributed by atoms with Gasteiger partial charge >= 0.3 is 6.09 Å². The molecular formula is C55H57N3O8. The number of rotatable bonds is 18. The second kappa shape index (κ2) is 21.3. The van der Waals surface area contributed by atoms with E-state index in [1.807, 2.05) is 105 Å². The third-order valence-electron chi connectivity index (χ3n) is 12.5. The zero-order valence-electron chi connectivity index (χ0n) is 37.8. The van der Waals surface area contributed by atoms with Crippen molar-refractivity contribution in [3.63, 3.8) is 0 Å². The van der Waals surface area contributed by atoms with E-state index in [4.69, 9.17) is 18.9 Å². The average molecular weight is 888 g/mol. The molecule has 0 unspecified atom stereocenters. The molecule has 340 valence electrons. The highest BCUT2D eigenvalue weighted by Gasteiger charge is 2.42. The van der Waals surface area contributed by atoms with E-state index in [1.165, 1.54) is 0 Å². The molecule has 1 heterocycles. The van der Waals surface area contributed by atoms with E-state index in [9.17, 15) is 19.5 Å². The molecule has 2 aliphatic rings. The van der Waals surface area contributed by atoms with Crippen molar-refractivity contribution in [1.82, 2.24) is 15.1 Å². The van der Waals surface area contributed by atoms with Crippen LogP contribution in [0.25, 0.3) is 11.1 Å². The van der Waals surface area contributed by atoms with Crippen molar-refractivity contribution < 1.29 is 38.4 Å². The number of likely N-dealkylation sites (tertiary alicyclic amines) is 1. The Morgan fingerprint density at radius 2 is 1.47 bits per heavy atom. The molecule has 3 amide bonds. The Labute approximate surface area is 386 Å². The minimum atomic E-state index is -0.483. The maximum absolute atomic E-state index is 14.7. The number of nitrogens with zero attached hydrogens (tertiary/aromatic N) is 2. The van der Waals surface area contributed by atoms with E-state index >= 15 is 0 Å². The zero-order valence-corrected chi connectivity index (χ0v) is 37.8. The van der Waals surface area contributed by atoms with E-state index < -0.39 is 18.2 Å². The number of aliphatic hydroxyl groups is 1. The van der Waals surface area contributed by atoms with Gasteiger partial charge in [-0.3, -0.25) is 14.5 Å². The summed E-state index contributed by atoms with van der Waals surface area (Å²) in [5.41, 5.74) is 9.38. The lowest BCUT2D eigenvalue weighted by molar-refractivity contribution is -0.121. The third kappa shape index (κ3) is 10.7. The third-order valence-corrected chi connectivity index (χ3v) is 12.5. The molecule has 6 aromatic carbocycles. The van der Waals surface area contributed by atoms with Crippen LogP contribution in [0.3, 0.4) is 0 Å². The van der Waals surface area contributed by atoms with Crippen LogP contribution >= 0.6 is 0 Å². The summed E-state index contributed by atoms with van der Waals surface area (Å²) in [6.45, 7) is 5.00. The number of nitrogens with one attached hydrogen (secondary N) is 1. The summed E-state index contributed by atoms with van der Waals surface area (Å²) in [7, 11) is 1.54. The van der Waals surface area contributed by atoms with Gasteiger partial charge in [0.2, 0.25) is 5.91 Å². The van der Waals surface area contributed by atoms with Crippen molar-refractivity contribution in [3.8, 4) is 28.4 Å². The van der Waals surface area contributed by atoms with Crippen molar-refractivity contribution in [3.05, 3.63) is 184 Å². The summed E-state index contributed by atoms with van der Waals surface area (Å²) >= 11 is 0. The molecule has 66 heavy (non-hydrogen) atoms. The first-order valence-electron chi connectivity index (χ1n) is 22.6. The van der Waals surface area contributed by atoms with Crippen LogP contribution in [0, 0.1) is 13.8 Å². The lowest BCUT2D eigenvalue weighted by Gasteiger charge is -2.31. The van der Waals surface area contributed by atoms with Gasteiger partial charge in [-0.05, 0) is 96.0 Å². The Hall–Kier alpha value is -7.11. The fraction of sp³-hybridized carbons (Fsp3) is 0.291. The first kappa shape index (κ1) is 45.5. The molecule has 1 fully saturated rings. The molecule has 1 saturated heterocycles. The van der Waals surface area contributed by atoms with E-state index in [-0.39, 0.29) is 63.7 Å². The topological polar surface area (TPSA) is 127 Å². The Morgan fingerprint density at radius 3 is 2.17 bits per heavy atom. The molecule has 0 bridgehead atoms. The lowest BCUT2D eigenvalue weighted by atomic mass is 9.98. The van der Waals surface area contributed by atoms with Crippen molar-refractivity contribution in [1.29, 1.82) is 0 Å². The van der Waals surface area contributed by atoms with Crippen LogP contribution < -0.4 is 19.5 Å². The number of benzene rings is 6. The summed E-state index contributed by atoms with van der Waals surface area (Å²) in [6, 6.07) is 43.9. The molecule has 0 aromatic heterocycles. The van der Waals surface area contributed by atoms with Crippen molar-refractivity contribution in [2.45, 2.75) is 70.8 Å². The van der Waals surface area contributed by atoms with Crippen molar-refractivity contribution >= 4 is 17.9 Å². The number of carbonyl (C=O) groups is 3. The second-order valence-electron chi connectivity index (χ2n) is 17.1. The zero-order chi connectivity index (χ0) is 46.0. The first-order chi connectivity index (χ1) is 32.2. The molecule has 1 aliphatic heterocycles. The normalized spacial score (nSPS) is 15.1. The average Bonchev–Trinajstić information content (AvgIpc) is 3.92. The Balaban J connectivity index is 1.01. The molecule has 0 saturated carbocycles. The predicted molar refractivity (Wildman–Crippen MR) is 254 cm³/mol. The quantitative estimate of drug-likeness (QED) is 0.0819. The van der Waals surface area contributed by atoms with Gasteiger partial charge in [0.25, 0.3) is 5.91 Å². The van der Waals surface area contributed by atoms with Crippen LogP contribution in [-0.2, 0) is 29.2 Å². The standard InChI is InChI=1S/C55H57N3O8/c1-37-22-24-39(25-23-37)31-56-53(60)21-12-26-64-45-28-41(34-59)50(52(30-45)63-3)33-57(54(61)40-14-5-4-6-15-40)42-29-43(35-65-44-16-11-13-38(2)27-44)58(32-42)55(62)66-36-51-48-19-9-7-17-46(48)47-18-8-10-20-49(47)51/h4-11,13-20,22-25,27-28,30,42-43,51,59H,12,21,26,29,31-36H2,1-3H3,(H,56,60)/t42-,43+/m1/s1. The van der Waals surface area contributed by atoms with E-state index in [1.54, 1.807) is 41.2 Å². The Bertz CT molecular complexity index is 2560. The number of amides is 3. The number of aryl methyl sites for hydroxylation is 2. The van der Waals surface area contributed by atoms with Crippen LogP contribution in [-0.4, -0.2) is 78.4 Å². The minimum Gasteiger partial charge on any atom is -0.496 e. The number of ether oxygens (including phenoxy) is 4. The van der Waals surface area contributed by atoms with Crippen molar-refractivity contribution in [2.75, 3.05) is 33.5 Å². The van der Waals surface area contributed by atoms with Gasteiger partial charge in [-0.25, -0.2) is 4.79 Å². The number of hydrogen-bond donors (Lipinski definition) is 2. The molecule has 2 N–H and O–H groups in total. The highest BCUT2D eigenvalue weighted by atomic mass is 16.6. The van der Waals surface area contributed by atoms with E-state index in [2.05, 4.69) is 29.6 Å². The largest absolute Gasteiger partial charge is 0.496 e. The fourth-order valence-corrected chi connectivity index (χ4v) is 9.04. The maximum Gasteiger partial charge on any atom is 0.410 e. The first-order valence-corrected chi connectivity index (χ1v) is 22.6. The minimum absolute atomic E-state index is 0.0700. The number of fused-ring (bicyclic) bond motifs is 3.